The summed E-state index contributed by atoms with van der Waals surface area (Å²) in [7, 11) is 1.64. The van der Waals surface area contributed by atoms with Crippen molar-refractivity contribution in [3.8, 4) is 0 Å². The Balaban J connectivity index is 2.16. The number of halogens is 3. The van der Waals surface area contributed by atoms with Crippen LogP contribution in [0.1, 0.15) is 24.5 Å². The van der Waals surface area contributed by atoms with E-state index < -0.39 is 17.8 Å². The summed E-state index contributed by atoms with van der Waals surface area (Å²) in [6.45, 7) is 1.83. The third kappa shape index (κ3) is 3.12. The average molecular weight is 287 g/mol. The molecular weight excluding hydrogens is 271 g/mol. The molecule has 2 atom stereocenters. The highest BCUT2D eigenvalue weighted by molar-refractivity contribution is 5.77. The molecule has 110 valence electrons. The summed E-state index contributed by atoms with van der Waals surface area (Å²) >= 11 is 0. The van der Waals surface area contributed by atoms with Crippen LogP contribution in [0.25, 0.3) is 0 Å². The Bertz CT molecular complexity index is 501. The molecule has 6 heteroatoms. The predicted molar refractivity (Wildman–Crippen MR) is 66.9 cm³/mol. The number of hydrogen-bond donors (Lipinski definition) is 0. The number of likely N-dealkylation sites (N-methyl/N-ethyl adjacent to an activating group) is 1. The van der Waals surface area contributed by atoms with Gasteiger partial charge in [-0.15, -0.1) is 0 Å². The minimum atomic E-state index is -4.39. The molecule has 1 aliphatic rings. The van der Waals surface area contributed by atoms with Gasteiger partial charge < -0.3 is 4.74 Å². The maximum Gasteiger partial charge on any atom is 0.416 e. The van der Waals surface area contributed by atoms with Crippen LogP contribution >= 0.6 is 0 Å². The van der Waals surface area contributed by atoms with Gasteiger partial charge in [-0.25, -0.2) is 0 Å². The second-order valence-corrected chi connectivity index (χ2v) is 5.07. The highest BCUT2D eigenvalue weighted by Gasteiger charge is 2.37. The lowest BCUT2D eigenvalue weighted by Gasteiger charge is -2.23. The monoisotopic (exact) mass is 287 g/mol. The molecule has 1 fully saturated rings. The normalized spacial score (nSPS) is 23.2. The predicted octanol–water partition coefficient (Wildman–Crippen LogP) is 2.84. The highest BCUT2D eigenvalue weighted by atomic mass is 19.4. The van der Waals surface area contributed by atoms with Gasteiger partial charge in [-0.2, -0.15) is 13.2 Å². The van der Waals surface area contributed by atoms with Gasteiger partial charge in [0.1, 0.15) is 12.1 Å². The van der Waals surface area contributed by atoms with Crippen LogP contribution in [0.15, 0.2) is 24.3 Å². The topological polar surface area (TPSA) is 29.5 Å². The Morgan fingerprint density at radius 1 is 1.35 bits per heavy atom. The molecule has 0 radical (unpaired) electrons. The van der Waals surface area contributed by atoms with Crippen LogP contribution < -0.4 is 0 Å². The van der Waals surface area contributed by atoms with Crippen LogP contribution in [0.5, 0.6) is 0 Å². The number of ether oxygens (including phenoxy) is 1. The molecule has 0 amide bonds. The first kappa shape index (κ1) is 14.8. The van der Waals surface area contributed by atoms with E-state index >= 15 is 0 Å². The van der Waals surface area contributed by atoms with Gasteiger partial charge >= 0.3 is 12.1 Å². The van der Waals surface area contributed by atoms with Crippen LogP contribution in [0, 0.1) is 0 Å². The quantitative estimate of drug-likeness (QED) is 0.801. The summed E-state index contributed by atoms with van der Waals surface area (Å²) in [5.41, 5.74) is -0.499. The molecule has 1 aliphatic heterocycles. The Kier molecular flexibility index (Phi) is 4.04. The summed E-state index contributed by atoms with van der Waals surface area (Å²) < 4.78 is 43.7. The van der Waals surface area contributed by atoms with Crippen LogP contribution in [0.2, 0.25) is 0 Å². The van der Waals surface area contributed by atoms with Gasteiger partial charge in [0.25, 0.3) is 0 Å². The number of hydrogen-bond acceptors (Lipinski definition) is 3. The van der Waals surface area contributed by atoms with E-state index in [4.69, 9.17) is 4.74 Å². The van der Waals surface area contributed by atoms with E-state index in [1.165, 1.54) is 12.1 Å². The van der Waals surface area contributed by atoms with Gasteiger partial charge in [-0.05, 0) is 25.6 Å². The maximum atomic E-state index is 12.9. The molecule has 20 heavy (non-hydrogen) atoms. The van der Waals surface area contributed by atoms with Crippen molar-refractivity contribution in [2.24, 2.45) is 0 Å². The summed E-state index contributed by atoms with van der Waals surface area (Å²) in [6.07, 6.45) is -4.07. The Hall–Kier alpha value is -1.56. The van der Waals surface area contributed by atoms with Crippen molar-refractivity contribution in [2.75, 3.05) is 7.05 Å². The fourth-order valence-corrected chi connectivity index (χ4v) is 2.41. The number of alkyl halides is 3. The largest absolute Gasteiger partial charge is 0.461 e. The standard InChI is InChI=1S/C14H16F3NO2/c1-9-7-12(13(19)20-9)18(2)8-10-5-3-4-6-11(10)14(15,16)17/h3-6,9,12H,7-8H2,1-2H3. The molecule has 1 saturated heterocycles. The molecule has 0 bridgehead atoms. The zero-order valence-electron chi connectivity index (χ0n) is 11.3. The van der Waals surface area contributed by atoms with E-state index in [-0.39, 0.29) is 24.2 Å². The number of nitrogens with zero attached hydrogens (tertiary/aromatic N) is 1. The van der Waals surface area contributed by atoms with E-state index in [1.54, 1.807) is 24.9 Å². The van der Waals surface area contributed by atoms with E-state index in [2.05, 4.69) is 0 Å². The van der Waals surface area contributed by atoms with E-state index in [1.807, 2.05) is 0 Å². The molecule has 0 aliphatic carbocycles. The second-order valence-electron chi connectivity index (χ2n) is 5.07. The molecule has 3 nitrogen and oxygen atoms in total. The van der Waals surface area contributed by atoms with Gasteiger partial charge in [0.15, 0.2) is 0 Å². The van der Waals surface area contributed by atoms with Crippen LogP contribution in [0.4, 0.5) is 13.2 Å². The van der Waals surface area contributed by atoms with Gasteiger partial charge in [-0.1, -0.05) is 18.2 Å². The molecule has 1 aromatic rings. The number of carbonyl (C=O) groups excluding carboxylic acids is 1. The summed E-state index contributed by atoms with van der Waals surface area (Å²) in [5.74, 6) is -0.371. The third-order valence-corrected chi connectivity index (χ3v) is 3.42. The SMILES string of the molecule is CC1CC(N(C)Cc2ccccc2C(F)(F)F)C(=O)O1. The fraction of sp³-hybridized carbons (Fsp3) is 0.500. The zero-order chi connectivity index (χ0) is 14.9. The van der Waals surface area contributed by atoms with E-state index in [0.717, 1.165) is 6.07 Å². The highest BCUT2D eigenvalue weighted by Crippen LogP contribution is 2.33. The van der Waals surface area contributed by atoms with Crippen molar-refractivity contribution in [2.45, 2.75) is 38.2 Å². The Labute approximate surface area is 115 Å². The molecule has 2 unspecified atom stereocenters. The summed E-state index contributed by atoms with van der Waals surface area (Å²) in [4.78, 5) is 13.2. The van der Waals surface area contributed by atoms with E-state index in [0.29, 0.717) is 6.42 Å². The van der Waals surface area contributed by atoms with Crippen LogP contribution in [-0.4, -0.2) is 30.1 Å². The number of rotatable bonds is 3. The minimum Gasteiger partial charge on any atom is -0.461 e. The van der Waals surface area contributed by atoms with Crippen molar-refractivity contribution < 1.29 is 22.7 Å². The van der Waals surface area contributed by atoms with Crippen molar-refractivity contribution in [3.63, 3.8) is 0 Å². The minimum absolute atomic E-state index is 0.0577. The maximum absolute atomic E-state index is 12.9. The fourth-order valence-electron chi connectivity index (χ4n) is 2.41. The summed E-state index contributed by atoms with van der Waals surface area (Å²) in [5, 5.41) is 0. The first-order valence-electron chi connectivity index (χ1n) is 6.35. The molecule has 1 heterocycles. The molecule has 0 spiro atoms. The molecule has 1 aromatic carbocycles. The second kappa shape index (κ2) is 5.44. The molecule has 0 N–H and O–H groups in total. The Morgan fingerprint density at radius 3 is 2.55 bits per heavy atom. The third-order valence-electron chi connectivity index (χ3n) is 3.42. The lowest BCUT2D eigenvalue weighted by molar-refractivity contribution is -0.144. The summed E-state index contributed by atoms with van der Waals surface area (Å²) in [6, 6.07) is 4.93. The van der Waals surface area contributed by atoms with Gasteiger partial charge in [0.05, 0.1) is 5.56 Å². The van der Waals surface area contributed by atoms with Gasteiger partial charge in [-0.3, -0.25) is 9.69 Å². The Morgan fingerprint density at radius 2 is 2.00 bits per heavy atom. The average Bonchev–Trinajstić information content (AvgIpc) is 2.68. The molecular formula is C14H16F3NO2. The molecule has 2 rings (SSSR count). The number of esters is 1. The number of cyclic esters (lactones) is 1. The lowest BCUT2D eigenvalue weighted by atomic mass is 10.1. The van der Waals surface area contributed by atoms with Gasteiger partial charge in [0.2, 0.25) is 0 Å². The lowest BCUT2D eigenvalue weighted by Crippen LogP contribution is -2.35. The van der Waals surface area contributed by atoms with Crippen molar-refractivity contribution in [1.82, 2.24) is 4.90 Å². The number of carbonyl (C=O) groups is 1. The van der Waals surface area contributed by atoms with E-state index in [9.17, 15) is 18.0 Å². The zero-order valence-corrected chi connectivity index (χ0v) is 11.3. The van der Waals surface area contributed by atoms with Gasteiger partial charge in [0, 0.05) is 13.0 Å². The van der Waals surface area contributed by atoms with Crippen LogP contribution in [-0.2, 0) is 22.3 Å². The molecule has 0 aromatic heterocycles. The number of benzene rings is 1. The first-order valence-corrected chi connectivity index (χ1v) is 6.35. The molecule has 0 saturated carbocycles. The first-order chi connectivity index (χ1) is 9.29. The van der Waals surface area contributed by atoms with Crippen molar-refractivity contribution >= 4 is 5.97 Å². The van der Waals surface area contributed by atoms with Crippen molar-refractivity contribution in [3.05, 3.63) is 35.4 Å². The van der Waals surface area contributed by atoms with Crippen LogP contribution in [0.3, 0.4) is 0 Å². The smallest absolute Gasteiger partial charge is 0.416 e. The van der Waals surface area contributed by atoms with Crippen molar-refractivity contribution in [1.29, 1.82) is 0 Å².